The van der Waals surface area contributed by atoms with E-state index in [0.29, 0.717) is 18.7 Å². The number of carbonyl (C=O) groups is 1. The van der Waals surface area contributed by atoms with Crippen LogP contribution in [0.25, 0.3) is 0 Å². The van der Waals surface area contributed by atoms with Crippen LogP contribution in [0.15, 0.2) is 53.4 Å². The van der Waals surface area contributed by atoms with E-state index >= 15 is 0 Å². The summed E-state index contributed by atoms with van der Waals surface area (Å²) in [7, 11) is -1.90. The Morgan fingerprint density at radius 1 is 1.04 bits per heavy atom. The quantitative estimate of drug-likeness (QED) is 0.621. The standard InChI is InChI=1S/C18H23N3O3S/c1-14-8-9-16(12-17(14)18(22)20-11-10-19-2)25(23,24)21-13-15-6-4-3-5-7-15/h3-9,12,19,21H,10-11,13H2,1-2H3,(H,20,22). The number of hydrogen-bond acceptors (Lipinski definition) is 4. The highest BCUT2D eigenvalue weighted by atomic mass is 32.2. The molecule has 0 aliphatic heterocycles. The summed E-state index contributed by atoms with van der Waals surface area (Å²) in [6, 6.07) is 13.8. The van der Waals surface area contributed by atoms with Gasteiger partial charge in [0.05, 0.1) is 4.90 Å². The van der Waals surface area contributed by atoms with E-state index < -0.39 is 10.0 Å². The number of sulfonamides is 1. The highest BCUT2D eigenvalue weighted by molar-refractivity contribution is 7.89. The van der Waals surface area contributed by atoms with Crippen molar-refractivity contribution in [2.24, 2.45) is 0 Å². The van der Waals surface area contributed by atoms with Gasteiger partial charge < -0.3 is 10.6 Å². The second kappa shape index (κ2) is 8.75. The SMILES string of the molecule is CNCCNC(=O)c1cc(S(=O)(=O)NCc2ccccc2)ccc1C. The van der Waals surface area contributed by atoms with E-state index in [1.807, 2.05) is 30.3 Å². The number of likely N-dealkylation sites (N-methyl/N-ethyl adjacent to an activating group) is 1. The Labute approximate surface area is 148 Å². The first-order valence-corrected chi connectivity index (χ1v) is 9.49. The van der Waals surface area contributed by atoms with E-state index in [0.717, 1.165) is 11.1 Å². The van der Waals surface area contributed by atoms with Crippen LogP contribution in [0.4, 0.5) is 0 Å². The summed E-state index contributed by atoms with van der Waals surface area (Å²) in [6.45, 7) is 3.08. The zero-order chi connectivity index (χ0) is 18.3. The van der Waals surface area contributed by atoms with Crippen molar-refractivity contribution in [2.45, 2.75) is 18.4 Å². The number of hydrogen-bond donors (Lipinski definition) is 3. The number of rotatable bonds is 8. The third-order valence-corrected chi connectivity index (χ3v) is 5.13. The molecule has 3 N–H and O–H groups in total. The van der Waals surface area contributed by atoms with Gasteiger partial charge in [-0.3, -0.25) is 4.79 Å². The first kappa shape index (κ1) is 19.1. The molecule has 0 aliphatic carbocycles. The Morgan fingerprint density at radius 3 is 2.44 bits per heavy atom. The van der Waals surface area contributed by atoms with Crippen LogP contribution in [-0.2, 0) is 16.6 Å². The molecule has 0 spiro atoms. The molecule has 0 aliphatic rings. The molecular weight excluding hydrogens is 338 g/mol. The molecule has 2 aromatic carbocycles. The highest BCUT2D eigenvalue weighted by Crippen LogP contribution is 2.16. The molecule has 0 saturated carbocycles. The molecule has 0 unspecified atom stereocenters. The van der Waals surface area contributed by atoms with Gasteiger partial charge in [0.15, 0.2) is 0 Å². The van der Waals surface area contributed by atoms with Crippen LogP contribution in [0.5, 0.6) is 0 Å². The van der Waals surface area contributed by atoms with Gasteiger partial charge in [-0.15, -0.1) is 0 Å². The molecule has 2 aromatic rings. The van der Waals surface area contributed by atoms with Crippen molar-refractivity contribution < 1.29 is 13.2 Å². The molecule has 0 bridgehead atoms. The molecule has 0 radical (unpaired) electrons. The molecule has 1 amide bonds. The zero-order valence-corrected chi connectivity index (χ0v) is 15.2. The molecule has 134 valence electrons. The minimum Gasteiger partial charge on any atom is -0.351 e. The van der Waals surface area contributed by atoms with Crippen LogP contribution in [0.2, 0.25) is 0 Å². The van der Waals surface area contributed by atoms with Crippen LogP contribution < -0.4 is 15.4 Å². The lowest BCUT2D eigenvalue weighted by atomic mass is 10.1. The Hall–Kier alpha value is -2.22. The molecule has 0 atom stereocenters. The van der Waals surface area contributed by atoms with Crippen molar-refractivity contribution in [2.75, 3.05) is 20.1 Å². The van der Waals surface area contributed by atoms with E-state index in [1.54, 1.807) is 20.0 Å². The fourth-order valence-corrected chi connectivity index (χ4v) is 3.31. The summed E-state index contributed by atoms with van der Waals surface area (Å²) in [4.78, 5) is 12.3. The molecule has 0 aromatic heterocycles. The largest absolute Gasteiger partial charge is 0.351 e. The summed E-state index contributed by atoms with van der Waals surface area (Å²) in [5.74, 6) is -0.284. The molecular formula is C18H23N3O3S. The Bertz CT molecular complexity index is 821. The summed E-state index contributed by atoms with van der Waals surface area (Å²) in [6.07, 6.45) is 0. The first-order chi connectivity index (χ1) is 11.9. The maximum Gasteiger partial charge on any atom is 0.251 e. The van der Waals surface area contributed by atoms with Crippen molar-refractivity contribution in [3.05, 3.63) is 65.2 Å². The van der Waals surface area contributed by atoms with Crippen LogP contribution in [0.1, 0.15) is 21.5 Å². The first-order valence-electron chi connectivity index (χ1n) is 8.01. The molecule has 0 saturated heterocycles. The second-order valence-corrected chi connectivity index (χ2v) is 7.41. The number of nitrogens with one attached hydrogen (secondary N) is 3. The lowest BCUT2D eigenvalue weighted by Gasteiger charge is -2.11. The third kappa shape index (κ3) is 5.38. The highest BCUT2D eigenvalue weighted by Gasteiger charge is 2.17. The van der Waals surface area contributed by atoms with Crippen LogP contribution in [0.3, 0.4) is 0 Å². The monoisotopic (exact) mass is 361 g/mol. The fraction of sp³-hybridized carbons (Fsp3) is 0.278. The Balaban J connectivity index is 2.15. The van der Waals surface area contributed by atoms with Gasteiger partial charge in [-0.25, -0.2) is 13.1 Å². The predicted octanol–water partition coefficient (Wildman–Crippen LogP) is 1.42. The summed E-state index contributed by atoms with van der Waals surface area (Å²) >= 11 is 0. The minimum atomic E-state index is -3.70. The van der Waals surface area contributed by atoms with Gasteiger partial charge >= 0.3 is 0 Å². The van der Waals surface area contributed by atoms with Gasteiger partial charge in [-0.1, -0.05) is 36.4 Å². The van der Waals surface area contributed by atoms with Crippen molar-refractivity contribution in [1.82, 2.24) is 15.4 Å². The number of carbonyl (C=O) groups excluding carboxylic acids is 1. The zero-order valence-electron chi connectivity index (χ0n) is 14.4. The molecule has 0 heterocycles. The van der Waals surface area contributed by atoms with Gasteiger partial charge in [-0.05, 0) is 37.2 Å². The van der Waals surface area contributed by atoms with E-state index in [4.69, 9.17) is 0 Å². The van der Waals surface area contributed by atoms with Crippen molar-refractivity contribution in [3.8, 4) is 0 Å². The predicted molar refractivity (Wildman–Crippen MR) is 97.9 cm³/mol. The lowest BCUT2D eigenvalue weighted by Crippen LogP contribution is -2.31. The molecule has 2 rings (SSSR count). The maximum atomic E-state index is 12.5. The van der Waals surface area contributed by atoms with Crippen LogP contribution in [-0.4, -0.2) is 34.5 Å². The topological polar surface area (TPSA) is 87.3 Å². The smallest absolute Gasteiger partial charge is 0.251 e. The average molecular weight is 361 g/mol. The Kier molecular flexibility index (Phi) is 6.69. The Morgan fingerprint density at radius 2 is 1.76 bits per heavy atom. The van der Waals surface area contributed by atoms with Gasteiger partial charge in [0, 0.05) is 25.2 Å². The second-order valence-electron chi connectivity index (χ2n) is 5.65. The number of aryl methyl sites for hydroxylation is 1. The molecule has 7 heteroatoms. The summed E-state index contributed by atoms with van der Waals surface area (Å²) in [5.41, 5.74) is 1.95. The maximum absolute atomic E-state index is 12.5. The van der Waals surface area contributed by atoms with Crippen molar-refractivity contribution >= 4 is 15.9 Å². The van der Waals surface area contributed by atoms with Crippen molar-refractivity contribution in [1.29, 1.82) is 0 Å². The number of benzene rings is 2. The fourth-order valence-electron chi connectivity index (χ4n) is 2.27. The van der Waals surface area contributed by atoms with Crippen LogP contribution in [0, 0.1) is 6.92 Å². The number of amides is 1. The van der Waals surface area contributed by atoms with E-state index in [2.05, 4.69) is 15.4 Å². The van der Waals surface area contributed by atoms with Gasteiger partial charge in [0.1, 0.15) is 0 Å². The van der Waals surface area contributed by atoms with Gasteiger partial charge in [0.25, 0.3) is 5.91 Å². The van der Waals surface area contributed by atoms with E-state index in [-0.39, 0.29) is 17.3 Å². The van der Waals surface area contributed by atoms with E-state index in [1.165, 1.54) is 12.1 Å². The molecule has 25 heavy (non-hydrogen) atoms. The van der Waals surface area contributed by atoms with Crippen LogP contribution >= 0.6 is 0 Å². The van der Waals surface area contributed by atoms with E-state index in [9.17, 15) is 13.2 Å². The summed E-state index contributed by atoms with van der Waals surface area (Å²) < 4.78 is 27.6. The molecule has 6 nitrogen and oxygen atoms in total. The summed E-state index contributed by atoms with van der Waals surface area (Å²) in [5, 5.41) is 5.70. The van der Waals surface area contributed by atoms with Gasteiger partial charge in [-0.2, -0.15) is 0 Å². The van der Waals surface area contributed by atoms with Gasteiger partial charge in [0.2, 0.25) is 10.0 Å². The molecule has 0 fully saturated rings. The average Bonchev–Trinajstić information content (AvgIpc) is 2.61. The van der Waals surface area contributed by atoms with Crippen molar-refractivity contribution in [3.63, 3.8) is 0 Å². The normalized spacial score (nSPS) is 11.3. The third-order valence-electron chi connectivity index (χ3n) is 3.73. The minimum absolute atomic E-state index is 0.0767. The lowest BCUT2D eigenvalue weighted by molar-refractivity contribution is 0.0953.